The molecule has 2 N–H and O–H groups in total. The molecular formula is C22H20Cl2FN3O5S. The molecule has 4 rings (SSSR count). The van der Waals surface area contributed by atoms with Gasteiger partial charge in [0.1, 0.15) is 29.7 Å². The molecule has 0 spiro atoms. The van der Waals surface area contributed by atoms with Crippen molar-refractivity contribution in [1.82, 2.24) is 15.1 Å². The minimum Gasteiger partial charge on any atom is -0.480 e. The van der Waals surface area contributed by atoms with Crippen LogP contribution >= 0.6 is 23.2 Å². The Labute approximate surface area is 205 Å². The summed E-state index contributed by atoms with van der Waals surface area (Å²) < 4.78 is 46.4. The molecule has 0 unspecified atom stereocenters. The molecule has 34 heavy (non-hydrogen) atoms. The van der Waals surface area contributed by atoms with E-state index in [0.29, 0.717) is 12.8 Å². The van der Waals surface area contributed by atoms with Crippen LogP contribution in [0.25, 0.3) is 0 Å². The third-order valence-corrected chi connectivity index (χ3v) is 7.57. The molecule has 8 nitrogen and oxygen atoms in total. The lowest BCUT2D eigenvalue weighted by Gasteiger charge is -2.24. The molecule has 0 aliphatic heterocycles. The molecule has 12 heteroatoms. The van der Waals surface area contributed by atoms with Gasteiger partial charge in [0.25, 0.3) is 0 Å². The van der Waals surface area contributed by atoms with Gasteiger partial charge in [0.2, 0.25) is 0 Å². The van der Waals surface area contributed by atoms with E-state index < -0.39 is 21.6 Å². The molecule has 1 aliphatic rings. The van der Waals surface area contributed by atoms with E-state index in [1.165, 1.54) is 35.0 Å². The highest BCUT2D eigenvalue weighted by atomic mass is 35.5. The summed E-state index contributed by atoms with van der Waals surface area (Å²) in [6.07, 6.45) is 3.75. The van der Waals surface area contributed by atoms with Gasteiger partial charge in [0.05, 0.1) is 21.1 Å². The molecule has 3 aromatic rings. The number of aliphatic carboxylic acids is 1. The summed E-state index contributed by atoms with van der Waals surface area (Å²) >= 11 is 11.9. The molecule has 2 aromatic carbocycles. The van der Waals surface area contributed by atoms with Crippen LogP contribution in [0.5, 0.6) is 11.5 Å². The highest BCUT2D eigenvalue weighted by Crippen LogP contribution is 2.33. The maximum absolute atomic E-state index is 13.6. The zero-order chi connectivity index (χ0) is 24.5. The van der Waals surface area contributed by atoms with E-state index in [2.05, 4.69) is 10.4 Å². The fourth-order valence-electron chi connectivity index (χ4n) is 3.81. The van der Waals surface area contributed by atoms with Gasteiger partial charge in [-0.15, -0.1) is 0 Å². The van der Waals surface area contributed by atoms with Crippen LogP contribution in [0.3, 0.4) is 0 Å². The topological polar surface area (TPSA) is 111 Å². The van der Waals surface area contributed by atoms with Gasteiger partial charge in [-0.05, 0) is 49.6 Å². The third kappa shape index (κ3) is 5.35. The Hall–Kier alpha value is -2.66. The van der Waals surface area contributed by atoms with Gasteiger partial charge >= 0.3 is 5.97 Å². The maximum Gasteiger partial charge on any atom is 0.325 e. The SMILES string of the molecule is O=C(O)Cn1ncc2c1CCC[C@H]2NCS(=O)(=O)c1ccc(Oc2ccc(Cl)c(F)c2)c(Cl)c1. The summed E-state index contributed by atoms with van der Waals surface area (Å²) in [5.41, 5.74) is 1.60. The number of carboxylic acid groups (broad SMARTS) is 1. The second kappa shape index (κ2) is 9.91. The molecule has 0 amide bonds. The lowest BCUT2D eigenvalue weighted by Crippen LogP contribution is -2.30. The average Bonchev–Trinajstić information content (AvgIpc) is 3.19. The Kier molecular flexibility index (Phi) is 7.13. The van der Waals surface area contributed by atoms with E-state index in [0.717, 1.165) is 23.7 Å². The first-order valence-corrected chi connectivity index (χ1v) is 12.7. The van der Waals surface area contributed by atoms with Crippen molar-refractivity contribution in [2.75, 3.05) is 5.88 Å². The van der Waals surface area contributed by atoms with Crippen LogP contribution in [-0.2, 0) is 27.6 Å². The van der Waals surface area contributed by atoms with Crippen molar-refractivity contribution in [2.24, 2.45) is 0 Å². The van der Waals surface area contributed by atoms with Crippen molar-refractivity contribution >= 4 is 39.0 Å². The van der Waals surface area contributed by atoms with Gasteiger partial charge in [-0.1, -0.05) is 23.2 Å². The molecule has 1 atom stereocenters. The second-order valence-electron chi connectivity index (χ2n) is 7.78. The van der Waals surface area contributed by atoms with Crippen molar-refractivity contribution in [3.8, 4) is 11.5 Å². The van der Waals surface area contributed by atoms with E-state index in [4.69, 9.17) is 33.0 Å². The Balaban J connectivity index is 1.46. The number of carbonyl (C=O) groups is 1. The minimum absolute atomic E-state index is 0.00255. The molecule has 1 aromatic heterocycles. The molecule has 0 saturated heterocycles. The van der Waals surface area contributed by atoms with E-state index >= 15 is 0 Å². The van der Waals surface area contributed by atoms with Crippen molar-refractivity contribution in [3.63, 3.8) is 0 Å². The van der Waals surface area contributed by atoms with Crippen LogP contribution < -0.4 is 10.1 Å². The van der Waals surface area contributed by atoms with Gasteiger partial charge in [-0.2, -0.15) is 5.10 Å². The zero-order valence-electron chi connectivity index (χ0n) is 17.7. The quantitative estimate of drug-likeness (QED) is 0.440. The Morgan fingerprint density at radius 2 is 2.03 bits per heavy atom. The second-order valence-corrected chi connectivity index (χ2v) is 10.6. The molecule has 0 fully saturated rings. The first-order chi connectivity index (χ1) is 16.1. The smallest absolute Gasteiger partial charge is 0.325 e. The van der Waals surface area contributed by atoms with Crippen LogP contribution in [0.15, 0.2) is 47.5 Å². The lowest BCUT2D eigenvalue weighted by atomic mass is 9.93. The van der Waals surface area contributed by atoms with Crippen LogP contribution in [-0.4, -0.2) is 35.2 Å². The lowest BCUT2D eigenvalue weighted by molar-refractivity contribution is -0.137. The average molecular weight is 528 g/mol. The Morgan fingerprint density at radius 3 is 2.74 bits per heavy atom. The first kappa shape index (κ1) is 24.5. The summed E-state index contributed by atoms with van der Waals surface area (Å²) in [6.45, 7) is -0.240. The van der Waals surface area contributed by atoms with Gasteiger partial charge in [-0.25, -0.2) is 12.8 Å². The summed E-state index contributed by atoms with van der Waals surface area (Å²) in [6, 6.07) is 7.68. The predicted molar refractivity (Wildman–Crippen MR) is 124 cm³/mol. The number of carboxylic acids is 1. The van der Waals surface area contributed by atoms with Crippen LogP contribution in [0.4, 0.5) is 4.39 Å². The summed E-state index contributed by atoms with van der Waals surface area (Å²) in [4.78, 5) is 11.0. The number of benzene rings is 2. The normalized spacial score (nSPS) is 15.7. The number of ether oxygens (including phenoxy) is 1. The number of nitrogens with one attached hydrogen (secondary N) is 1. The van der Waals surface area contributed by atoms with Crippen LogP contribution in [0.1, 0.15) is 30.1 Å². The number of halogens is 3. The molecule has 1 aliphatic carbocycles. The molecule has 1 heterocycles. The molecular weight excluding hydrogens is 508 g/mol. The number of hydrogen-bond acceptors (Lipinski definition) is 6. The Morgan fingerprint density at radius 1 is 1.24 bits per heavy atom. The van der Waals surface area contributed by atoms with Crippen molar-refractivity contribution in [1.29, 1.82) is 0 Å². The number of rotatable bonds is 8. The van der Waals surface area contributed by atoms with Gasteiger partial charge in [-0.3, -0.25) is 14.8 Å². The molecule has 180 valence electrons. The highest BCUT2D eigenvalue weighted by molar-refractivity contribution is 7.91. The number of hydrogen-bond donors (Lipinski definition) is 2. The zero-order valence-corrected chi connectivity index (χ0v) is 20.0. The van der Waals surface area contributed by atoms with E-state index in [-0.39, 0.29) is 44.9 Å². The maximum atomic E-state index is 13.6. The van der Waals surface area contributed by atoms with Crippen molar-refractivity contribution in [3.05, 3.63) is 69.7 Å². The van der Waals surface area contributed by atoms with E-state index in [1.54, 1.807) is 6.20 Å². The largest absolute Gasteiger partial charge is 0.480 e. The number of aromatic nitrogens is 2. The standard InChI is InChI=1S/C22H20Cl2FN3O5S/c23-16-6-4-13(8-18(16)25)33-21-7-5-14(9-17(21)24)34(31,32)12-26-19-2-1-3-20-15(19)10-27-28(20)11-22(29)30/h4-10,19,26H,1-3,11-12H2,(H,29,30)/t19-/m1/s1. The molecule has 0 bridgehead atoms. The first-order valence-electron chi connectivity index (χ1n) is 10.3. The van der Waals surface area contributed by atoms with Gasteiger partial charge < -0.3 is 9.84 Å². The fourth-order valence-corrected chi connectivity index (χ4v) is 5.38. The van der Waals surface area contributed by atoms with E-state index in [9.17, 15) is 17.6 Å². The molecule has 0 radical (unpaired) electrons. The van der Waals surface area contributed by atoms with E-state index in [1.807, 2.05) is 0 Å². The number of sulfone groups is 1. The fraction of sp³-hybridized carbons (Fsp3) is 0.273. The van der Waals surface area contributed by atoms with Crippen molar-refractivity contribution in [2.45, 2.75) is 36.7 Å². The predicted octanol–water partition coefficient (Wildman–Crippen LogP) is 4.60. The molecule has 0 saturated carbocycles. The number of fused-ring (bicyclic) bond motifs is 1. The summed E-state index contributed by atoms with van der Waals surface area (Å²) in [5.74, 6) is -1.66. The van der Waals surface area contributed by atoms with Gasteiger partial charge in [0, 0.05) is 23.4 Å². The number of nitrogens with zero attached hydrogens (tertiary/aromatic N) is 2. The Bertz CT molecular complexity index is 1350. The summed E-state index contributed by atoms with van der Waals surface area (Å²) in [5, 5.41) is 16.2. The highest BCUT2D eigenvalue weighted by Gasteiger charge is 2.26. The third-order valence-electron chi connectivity index (χ3n) is 5.45. The van der Waals surface area contributed by atoms with Crippen LogP contribution in [0, 0.1) is 5.82 Å². The minimum atomic E-state index is -3.75. The van der Waals surface area contributed by atoms with Crippen molar-refractivity contribution < 1.29 is 27.4 Å². The van der Waals surface area contributed by atoms with Crippen LogP contribution in [0.2, 0.25) is 10.0 Å². The monoisotopic (exact) mass is 527 g/mol. The van der Waals surface area contributed by atoms with Gasteiger partial charge in [0.15, 0.2) is 9.84 Å². The summed E-state index contributed by atoms with van der Waals surface area (Å²) in [7, 11) is -3.75.